The number of hydrogen-bond acceptors (Lipinski definition) is 4. The molecule has 2 aromatic carbocycles. The first-order chi connectivity index (χ1) is 13.4. The van der Waals surface area contributed by atoms with Crippen LogP contribution in [0.25, 0.3) is 16.6 Å². The zero-order chi connectivity index (χ0) is 20.3. The van der Waals surface area contributed by atoms with Gasteiger partial charge in [-0.1, -0.05) is 44.7 Å². The van der Waals surface area contributed by atoms with E-state index in [0.717, 1.165) is 64.4 Å². The predicted octanol–water partition coefficient (Wildman–Crippen LogP) is 5.36. The van der Waals surface area contributed by atoms with E-state index in [9.17, 15) is 0 Å². The summed E-state index contributed by atoms with van der Waals surface area (Å²) in [6.45, 7) is 15.7. The minimum absolute atomic E-state index is 0.790. The number of aryl methyl sites for hydroxylation is 1. The Morgan fingerprint density at radius 1 is 1.11 bits per heavy atom. The summed E-state index contributed by atoms with van der Waals surface area (Å²) in [6.07, 6.45) is 0. The van der Waals surface area contributed by atoms with Gasteiger partial charge in [0.25, 0.3) is 0 Å². The van der Waals surface area contributed by atoms with Gasteiger partial charge in [0.15, 0.2) is 0 Å². The Morgan fingerprint density at radius 3 is 2.54 bits per heavy atom. The predicted molar refractivity (Wildman–Crippen MR) is 121 cm³/mol. The highest BCUT2D eigenvalue weighted by Gasteiger charge is 2.11. The lowest BCUT2D eigenvalue weighted by Crippen LogP contribution is -2.23. The molecule has 146 valence electrons. The highest BCUT2D eigenvalue weighted by atomic mass is 15.1. The molecule has 0 radical (unpaired) electrons. The molecule has 0 bridgehead atoms. The first kappa shape index (κ1) is 19.9. The molecule has 28 heavy (non-hydrogen) atoms. The van der Waals surface area contributed by atoms with E-state index in [1.54, 1.807) is 0 Å². The van der Waals surface area contributed by atoms with E-state index in [1.807, 2.05) is 26.0 Å². The van der Waals surface area contributed by atoms with Crippen molar-refractivity contribution in [2.75, 3.05) is 24.1 Å². The maximum absolute atomic E-state index is 6.34. The first-order valence-corrected chi connectivity index (χ1v) is 9.87. The molecule has 1 heterocycles. The number of nitrogen functional groups attached to an aromatic ring is 1. The summed E-state index contributed by atoms with van der Waals surface area (Å²) in [7, 11) is 0. The van der Waals surface area contributed by atoms with Crippen LogP contribution in [0.5, 0.6) is 0 Å². The fourth-order valence-electron chi connectivity index (χ4n) is 3.47. The van der Waals surface area contributed by atoms with E-state index in [0.29, 0.717) is 0 Å². The second-order valence-corrected chi connectivity index (χ2v) is 7.19. The Balaban J connectivity index is 1.89. The van der Waals surface area contributed by atoms with Crippen molar-refractivity contribution < 1.29 is 0 Å². The Bertz CT molecular complexity index is 1000. The fraction of sp³-hybridized carbons (Fsp3) is 0.292. The van der Waals surface area contributed by atoms with Gasteiger partial charge in [0.2, 0.25) is 0 Å². The van der Waals surface area contributed by atoms with Gasteiger partial charge < -0.3 is 11.1 Å². The van der Waals surface area contributed by atoms with Crippen molar-refractivity contribution in [2.45, 2.75) is 34.2 Å². The van der Waals surface area contributed by atoms with Crippen LogP contribution < -0.4 is 11.1 Å². The Morgan fingerprint density at radius 2 is 1.82 bits per heavy atom. The summed E-state index contributed by atoms with van der Waals surface area (Å²) < 4.78 is 0. The number of nitrogens with two attached hydrogens (primary N) is 1. The van der Waals surface area contributed by atoms with Crippen LogP contribution in [0.15, 0.2) is 49.0 Å². The summed E-state index contributed by atoms with van der Waals surface area (Å²) in [4.78, 5) is 7.05. The molecule has 0 fully saturated rings. The van der Waals surface area contributed by atoms with Gasteiger partial charge in [-0.15, -0.1) is 0 Å². The van der Waals surface area contributed by atoms with Crippen LogP contribution in [0.2, 0.25) is 0 Å². The van der Waals surface area contributed by atoms with Crippen molar-refractivity contribution in [3.63, 3.8) is 0 Å². The van der Waals surface area contributed by atoms with E-state index in [1.165, 1.54) is 5.56 Å². The molecule has 3 N–H and O–H groups in total. The maximum atomic E-state index is 6.34. The van der Waals surface area contributed by atoms with E-state index >= 15 is 0 Å². The number of hydrogen-bond donors (Lipinski definition) is 2. The number of nitrogens with zero attached hydrogens (tertiary/aromatic N) is 2. The number of fused-ring (bicyclic) bond motifs is 1. The van der Waals surface area contributed by atoms with Crippen molar-refractivity contribution in [1.82, 2.24) is 9.88 Å². The van der Waals surface area contributed by atoms with Gasteiger partial charge in [-0.3, -0.25) is 9.88 Å². The molecule has 0 atom stereocenters. The molecule has 1 aromatic heterocycles. The van der Waals surface area contributed by atoms with E-state index < -0.39 is 0 Å². The summed E-state index contributed by atoms with van der Waals surface area (Å²) in [5, 5.41) is 4.43. The number of benzene rings is 2. The fourth-order valence-corrected chi connectivity index (χ4v) is 3.47. The number of aromatic nitrogens is 1. The van der Waals surface area contributed by atoms with E-state index in [2.05, 4.69) is 66.0 Å². The van der Waals surface area contributed by atoms with Gasteiger partial charge in [0.05, 0.1) is 5.52 Å². The third-order valence-corrected chi connectivity index (χ3v) is 5.45. The average Bonchev–Trinajstić information content (AvgIpc) is 2.71. The minimum Gasteiger partial charge on any atom is -0.398 e. The Kier molecular flexibility index (Phi) is 6.00. The quantitative estimate of drug-likeness (QED) is 0.585. The SMILES string of the molecule is C=C(Nc1ccc2nc(C)c(C)c(N)c2c1)c1ccccc1CN(CC)CC. The van der Waals surface area contributed by atoms with Crippen molar-refractivity contribution in [3.05, 3.63) is 71.4 Å². The summed E-state index contributed by atoms with van der Waals surface area (Å²) >= 11 is 0. The highest BCUT2D eigenvalue weighted by Crippen LogP contribution is 2.29. The summed E-state index contributed by atoms with van der Waals surface area (Å²) in [5.74, 6) is 0. The molecule has 0 aliphatic carbocycles. The normalized spacial score (nSPS) is 11.2. The summed E-state index contributed by atoms with van der Waals surface area (Å²) in [6, 6.07) is 14.5. The van der Waals surface area contributed by atoms with Gasteiger partial charge in [0.1, 0.15) is 0 Å². The van der Waals surface area contributed by atoms with Crippen LogP contribution in [-0.2, 0) is 6.54 Å². The number of rotatable bonds is 7. The van der Waals surface area contributed by atoms with Crippen LogP contribution in [0, 0.1) is 13.8 Å². The molecule has 0 aliphatic heterocycles. The van der Waals surface area contributed by atoms with Gasteiger partial charge in [0, 0.05) is 40.3 Å². The molecule has 0 saturated heterocycles. The van der Waals surface area contributed by atoms with Crippen molar-refractivity contribution in [3.8, 4) is 0 Å². The highest BCUT2D eigenvalue weighted by molar-refractivity contribution is 5.95. The Hall–Kier alpha value is -2.85. The molecule has 4 nitrogen and oxygen atoms in total. The van der Waals surface area contributed by atoms with Crippen LogP contribution in [0.1, 0.15) is 36.2 Å². The van der Waals surface area contributed by atoms with E-state index in [-0.39, 0.29) is 0 Å². The molecule has 0 aliphatic rings. The minimum atomic E-state index is 0.790. The standard InChI is InChI=1S/C24H30N4/c1-6-28(7-2)15-19-10-8-9-11-21(19)18(5)26-20-12-13-23-22(14-20)24(25)16(3)17(4)27-23/h8-14,26H,5-7,15H2,1-4H3,(H2,25,27). The van der Waals surface area contributed by atoms with Crippen LogP contribution >= 0.6 is 0 Å². The van der Waals surface area contributed by atoms with Crippen molar-refractivity contribution in [2.24, 2.45) is 0 Å². The molecular formula is C24H30N4. The average molecular weight is 375 g/mol. The number of pyridine rings is 1. The Labute approximate surface area is 168 Å². The topological polar surface area (TPSA) is 54.2 Å². The monoisotopic (exact) mass is 374 g/mol. The lowest BCUT2D eigenvalue weighted by molar-refractivity contribution is 0.295. The first-order valence-electron chi connectivity index (χ1n) is 9.87. The van der Waals surface area contributed by atoms with Gasteiger partial charge >= 0.3 is 0 Å². The molecular weight excluding hydrogens is 344 g/mol. The maximum Gasteiger partial charge on any atom is 0.0727 e. The summed E-state index contributed by atoms with van der Waals surface area (Å²) in [5.41, 5.74) is 14.3. The smallest absolute Gasteiger partial charge is 0.0727 e. The molecule has 0 unspecified atom stereocenters. The zero-order valence-corrected chi connectivity index (χ0v) is 17.3. The van der Waals surface area contributed by atoms with Crippen LogP contribution in [0.4, 0.5) is 11.4 Å². The number of anilines is 2. The molecule has 3 rings (SSSR count). The van der Waals surface area contributed by atoms with Gasteiger partial charge in [-0.05, 0) is 56.3 Å². The van der Waals surface area contributed by atoms with E-state index in [4.69, 9.17) is 5.73 Å². The second-order valence-electron chi connectivity index (χ2n) is 7.19. The number of nitrogens with one attached hydrogen (secondary N) is 1. The van der Waals surface area contributed by atoms with Crippen molar-refractivity contribution >= 4 is 28.0 Å². The van der Waals surface area contributed by atoms with Gasteiger partial charge in [-0.2, -0.15) is 0 Å². The molecule has 3 aromatic rings. The van der Waals surface area contributed by atoms with Gasteiger partial charge in [-0.25, -0.2) is 0 Å². The third-order valence-electron chi connectivity index (χ3n) is 5.45. The third kappa shape index (κ3) is 4.02. The molecule has 0 spiro atoms. The van der Waals surface area contributed by atoms with Crippen LogP contribution in [0.3, 0.4) is 0 Å². The lowest BCUT2D eigenvalue weighted by Gasteiger charge is -2.21. The van der Waals surface area contributed by atoms with Crippen molar-refractivity contribution in [1.29, 1.82) is 0 Å². The zero-order valence-electron chi connectivity index (χ0n) is 17.3. The molecule has 4 heteroatoms. The molecule has 0 saturated carbocycles. The van der Waals surface area contributed by atoms with Crippen LogP contribution in [-0.4, -0.2) is 23.0 Å². The lowest BCUT2D eigenvalue weighted by atomic mass is 10.0. The largest absolute Gasteiger partial charge is 0.398 e. The molecule has 0 amide bonds. The second kappa shape index (κ2) is 8.44.